The van der Waals surface area contributed by atoms with Crippen LogP contribution in [0.2, 0.25) is 0 Å². The maximum Gasteiger partial charge on any atom is 0.269 e. The molecule has 8 nitrogen and oxygen atoms in total. The van der Waals surface area contributed by atoms with Crippen LogP contribution in [0.1, 0.15) is 12.2 Å². The average molecular weight is 403 g/mol. The first-order valence-corrected chi connectivity index (χ1v) is 9.98. The maximum absolute atomic E-state index is 12.9. The summed E-state index contributed by atoms with van der Waals surface area (Å²) < 4.78 is 5.72. The minimum absolute atomic E-state index is 0.000658. The average Bonchev–Trinajstić information content (AvgIpc) is 3.39. The lowest BCUT2D eigenvalue weighted by molar-refractivity contribution is -0.384. The second-order valence-electron chi connectivity index (χ2n) is 8.39. The van der Waals surface area contributed by atoms with Gasteiger partial charge in [-0.1, -0.05) is 12.2 Å². The molecular weight excluding hydrogens is 386 g/mol. The fourth-order valence-electron chi connectivity index (χ4n) is 5.49. The predicted octanol–water partition coefficient (Wildman–Crippen LogP) is 3.24. The minimum Gasteiger partial charge on any atom is -0.455 e. The molecule has 1 aromatic heterocycles. The van der Waals surface area contributed by atoms with Crippen LogP contribution in [-0.4, -0.2) is 28.0 Å². The minimum atomic E-state index is -0.461. The molecule has 3 fully saturated rings. The lowest BCUT2D eigenvalue weighted by Crippen LogP contribution is -2.40. The summed E-state index contributed by atoms with van der Waals surface area (Å²) in [5, 5.41) is 16.0. The van der Waals surface area contributed by atoms with E-state index in [1.54, 1.807) is 24.3 Å². The van der Waals surface area contributed by atoms with Crippen LogP contribution < -0.4 is 0 Å². The number of nitro benzene ring substituents is 1. The van der Waals surface area contributed by atoms with Gasteiger partial charge in [0.05, 0.1) is 23.0 Å². The number of nitro groups is 1. The van der Waals surface area contributed by atoms with Crippen molar-refractivity contribution in [3.05, 3.63) is 64.4 Å². The van der Waals surface area contributed by atoms with Crippen molar-refractivity contribution in [1.29, 1.82) is 0 Å². The molecule has 1 aromatic carbocycles. The number of benzene rings is 1. The molecule has 7 rings (SSSR count). The monoisotopic (exact) mass is 403 g/mol. The number of imide groups is 1. The van der Waals surface area contributed by atoms with Crippen molar-refractivity contribution < 1.29 is 18.9 Å². The standard InChI is InChI=1S/C22H17N3O5/c26-21-19-14-6-7-15(17-9-16(14)17)20(19)22(27)24(21)23-10-13-5-8-18(30-13)11-1-3-12(4-2-11)25(28)29/h1-8,10,14-17,19-20H,9H2/b23-10-/t14-,15-,16-,17-,19+,20+/m0/s1. The zero-order chi connectivity index (χ0) is 20.6. The van der Waals surface area contributed by atoms with Crippen LogP contribution in [0.15, 0.2) is 58.1 Å². The van der Waals surface area contributed by atoms with E-state index in [1.165, 1.54) is 18.3 Å². The van der Waals surface area contributed by atoms with Gasteiger partial charge in [0.2, 0.25) is 0 Å². The highest BCUT2D eigenvalue weighted by atomic mass is 16.6. The Balaban J connectivity index is 1.22. The lowest BCUT2D eigenvalue weighted by Gasteiger charge is -2.37. The fourth-order valence-corrected chi connectivity index (χ4v) is 5.49. The Morgan fingerprint density at radius 2 is 1.63 bits per heavy atom. The van der Waals surface area contributed by atoms with E-state index in [9.17, 15) is 19.7 Å². The van der Waals surface area contributed by atoms with Crippen LogP contribution in [0.5, 0.6) is 0 Å². The van der Waals surface area contributed by atoms with E-state index in [1.807, 2.05) is 0 Å². The van der Waals surface area contributed by atoms with Gasteiger partial charge >= 0.3 is 0 Å². The van der Waals surface area contributed by atoms with E-state index in [0.717, 1.165) is 11.4 Å². The molecule has 2 amide bonds. The van der Waals surface area contributed by atoms with Crippen LogP contribution in [0.4, 0.5) is 5.69 Å². The maximum atomic E-state index is 12.9. The Kier molecular flexibility index (Phi) is 3.45. The third kappa shape index (κ3) is 2.36. The zero-order valence-electron chi connectivity index (χ0n) is 15.8. The number of amides is 2. The van der Waals surface area contributed by atoms with E-state index in [4.69, 9.17) is 4.42 Å². The summed E-state index contributed by atoms with van der Waals surface area (Å²) in [6.45, 7) is 0. The number of carbonyl (C=O) groups excluding carboxylic acids is 2. The molecule has 5 aliphatic rings. The molecule has 2 bridgehead atoms. The van der Waals surface area contributed by atoms with Crippen LogP contribution >= 0.6 is 0 Å². The van der Waals surface area contributed by atoms with E-state index in [2.05, 4.69) is 17.3 Å². The van der Waals surface area contributed by atoms with Crippen LogP contribution in [0, 0.1) is 45.6 Å². The number of rotatable bonds is 4. The van der Waals surface area contributed by atoms with E-state index in [-0.39, 0.29) is 41.2 Å². The highest BCUT2D eigenvalue weighted by Gasteiger charge is 2.67. The molecule has 8 heteroatoms. The molecule has 4 aliphatic carbocycles. The van der Waals surface area contributed by atoms with Gasteiger partial charge < -0.3 is 4.42 Å². The third-order valence-corrected chi connectivity index (χ3v) is 6.93. The Morgan fingerprint density at radius 3 is 2.23 bits per heavy atom. The van der Waals surface area contributed by atoms with Gasteiger partial charge in [-0.2, -0.15) is 10.1 Å². The molecular formula is C22H17N3O5. The lowest BCUT2D eigenvalue weighted by atomic mass is 9.63. The Hall–Kier alpha value is -3.55. The Labute approximate surface area is 171 Å². The zero-order valence-corrected chi connectivity index (χ0v) is 15.8. The van der Waals surface area contributed by atoms with Crippen LogP contribution in [0.3, 0.4) is 0 Å². The normalized spacial score (nSPS) is 33.3. The molecule has 1 aliphatic heterocycles. The Morgan fingerprint density at radius 1 is 1.00 bits per heavy atom. The number of hydrazone groups is 1. The molecule has 2 aromatic rings. The van der Waals surface area contributed by atoms with Crippen molar-refractivity contribution in [3.8, 4) is 11.3 Å². The van der Waals surface area contributed by atoms with Gasteiger partial charge in [-0.05, 0) is 54.4 Å². The largest absolute Gasteiger partial charge is 0.455 e. The number of hydrogen-bond donors (Lipinski definition) is 0. The van der Waals surface area contributed by atoms with Gasteiger partial charge in [0, 0.05) is 17.7 Å². The van der Waals surface area contributed by atoms with Gasteiger partial charge in [-0.15, -0.1) is 0 Å². The van der Waals surface area contributed by atoms with E-state index >= 15 is 0 Å². The summed E-state index contributed by atoms with van der Waals surface area (Å²) in [6, 6.07) is 9.41. The smallest absolute Gasteiger partial charge is 0.269 e. The molecule has 1 saturated heterocycles. The van der Waals surface area contributed by atoms with E-state index < -0.39 is 4.92 Å². The van der Waals surface area contributed by atoms with Crippen LogP contribution in [0.25, 0.3) is 11.3 Å². The summed E-state index contributed by atoms with van der Waals surface area (Å²) in [5.41, 5.74) is 0.683. The van der Waals surface area contributed by atoms with Crippen molar-refractivity contribution in [2.75, 3.05) is 0 Å². The number of non-ortho nitro benzene ring substituents is 1. The van der Waals surface area contributed by atoms with Crippen molar-refractivity contribution in [3.63, 3.8) is 0 Å². The molecule has 150 valence electrons. The molecule has 0 radical (unpaired) electrons. The highest BCUT2D eigenvalue weighted by molar-refractivity contribution is 6.06. The number of carbonyl (C=O) groups is 2. The first-order chi connectivity index (χ1) is 14.5. The summed E-state index contributed by atoms with van der Waals surface area (Å²) in [6.07, 6.45) is 6.75. The molecule has 0 N–H and O–H groups in total. The molecule has 2 heterocycles. The van der Waals surface area contributed by atoms with Gasteiger partial charge in [0.25, 0.3) is 17.5 Å². The first-order valence-electron chi connectivity index (χ1n) is 9.98. The van der Waals surface area contributed by atoms with Crippen molar-refractivity contribution in [1.82, 2.24) is 5.01 Å². The first kappa shape index (κ1) is 17.3. The summed E-state index contributed by atoms with van der Waals surface area (Å²) in [5.74, 6) is 1.36. The number of furan rings is 1. The second-order valence-corrected chi connectivity index (χ2v) is 8.39. The molecule has 0 spiro atoms. The topological polar surface area (TPSA) is 106 Å². The molecule has 0 unspecified atom stereocenters. The van der Waals surface area contributed by atoms with Crippen molar-refractivity contribution in [2.45, 2.75) is 6.42 Å². The van der Waals surface area contributed by atoms with E-state index in [0.29, 0.717) is 28.9 Å². The van der Waals surface area contributed by atoms with Crippen LogP contribution in [-0.2, 0) is 9.59 Å². The van der Waals surface area contributed by atoms with Gasteiger partial charge in [0.1, 0.15) is 11.5 Å². The molecule has 2 saturated carbocycles. The summed E-state index contributed by atoms with van der Waals surface area (Å²) >= 11 is 0. The predicted molar refractivity (Wildman–Crippen MR) is 105 cm³/mol. The number of nitrogens with zero attached hydrogens (tertiary/aromatic N) is 3. The fraction of sp³-hybridized carbons (Fsp3) is 0.318. The second kappa shape index (κ2) is 5.98. The van der Waals surface area contributed by atoms with Gasteiger partial charge in [0.15, 0.2) is 0 Å². The third-order valence-electron chi connectivity index (χ3n) is 6.93. The number of hydrogen-bond acceptors (Lipinski definition) is 6. The Bertz CT molecular complexity index is 1110. The molecule has 6 atom stereocenters. The highest BCUT2D eigenvalue weighted by Crippen LogP contribution is 2.65. The summed E-state index contributed by atoms with van der Waals surface area (Å²) in [7, 11) is 0. The van der Waals surface area contributed by atoms with Gasteiger partial charge in [-0.25, -0.2) is 0 Å². The number of allylic oxidation sites excluding steroid dienone is 2. The van der Waals surface area contributed by atoms with Crippen molar-refractivity contribution >= 4 is 23.7 Å². The molecule has 30 heavy (non-hydrogen) atoms. The SMILES string of the molecule is O=C1[C@@H]2[C@H]3C=C[C@@H]([C@@H]4C[C@@H]34)[C@H]2C(=O)N1/N=C\c1ccc(-c2ccc([N+](=O)[O-])cc2)o1. The summed E-state index contributed by atoms with van der Waals surface area (Å²) in [4.78, 5) is 36.1. The van der Waals surface area contributed by atoms with Crippen molar-refractivity contribution in [2.24, 2.45) is 40.6 Å². The quantitative estimate of drug-likeness (QED) is 0.256. The van der Waals surface area contributed by atoms with Gasteiger partial charge in [-0.3, -0.25) is 19.7 Å².